The highest BCUT2D eigenvalue weighted by Gasteiger charge is 2.29. The molecule has 0 saturated heterocycles. The quantitative estimate of drug-likeness (QED) is 0.809. The van der Waals surface area contributed by atoms with Crippen molar-refractivity contribution in [3.05, 3.63) is 29.8 Å². The van der Waals surface area contributed by atoms with Gasteiger partial charge in [0, 0.05) is 24.7 Å². The molecule has 0 spiro atoms. The summed E-state index contributed by atoms with van der Waals surface area (Å²) in [5, 5.41) is 3.28. The van der Waals surface area contributed by atoms with Gasteiger partial charge in [-0.15, -0.1) is 0 Å². The van der Waals surface area contributed by atoms with Crippen molar-refractivity contribution in [1.29, 1.82) is 0 Å². The minimum absolute atomic E-state index is 0.232. The highest BCUT2D eigenvalue weighted by molar-refractivity contribution is 5.96. The predicted octanol–water partition coefficient (Wildman–Crippen LogP) is 2.35. The lowest BCUT2D eigenvalue weighted by molar-refractivity contribution is -0.118. The van der Waals surface area contributed by atoms with Crippen LogP contribution in [0.15, 0.2) is 24.3 Å². The lowest BCUT2D eigenvalue weighted by atomic mass is 10.1. The molecule has 1 amide bonds. The number of anilines is 1. The molecule has 0 aliphatic carbocycles. The average molecular weight is 246 g/mol. The van der Waals surface area contributed by atoms with E-state index in [0.717, 1.165) is 31.6 Å². The van der Waals surface area contributed by atoms with E-state index in [2.05, 4.69) is 31.3 Å². The van der Waals surface area contributed by atoms with E-state index in [4.69, 9.17) is 0 Å². The monoisotopic (exact) mass is 246 g/mol. The summed E-state index contributed by atoms with van der Waals surface area (Å²) in [6.45, 7) is 6.02. The van der Waals surface area contributed by atoms with Crippen LogP contribution >= 0.6 is 0 Å². The Hall–Kier alpha value is -1.35. The number of carbonyl (C=O) groups is 1. The van der Waals surface area contributed by atoms with Crippen molar-refractivity contribution in [2.24, 2.45) is 0 Å². The van der Waals surface area contributed by atoms with Crippen LogP contribution in [0.4, 0.5) is 5.69 Å². The van der Waals surface area contributed by atoms with E-state index in [-0.39, 0.29) is 5.91 Å². The molecule has 0 bridgehead atoms. The molecular formula is C15H22N2O. The third-order valence-corrected chi connectivity index (χ3v) is 3.42. The first-order valence-corrected chi connectivity index (χ1v) is 6.84. The highest BCUT2D eigenvalue weighted by Crippen LogP contribution is 2.32. The summed E-state index contributed by atoms with van der Waals surface area (Å²) in [5.74, 6) is 0.232. The van der Waals surface area contributed by atoms with Crippen molar-refractivity contribution >= 4 is 11.6 Å². The van der Waals surface area contributed by atoms with E-state index < -0.39 is 0 Å². The summed E-state index contributed by atoms with van der Waals surface area (Å²) in [7, 11) is 0. The Bertz CT molecular complexity index is 417. The maximum Gasteiger partial charge on any atom is 0.228 e. The van der Waals surface area contributed by atoms with Crippen LogP contribution in [0.3, 0.4) is 0 Å². The van der Waals surface area contributed by atoms with Gasteiger partial charge in [0.25, 0.3) is 0 Å². The van der Waals surface area contributed by atoms with Gasteiger partial charge in [-0.25, -0.2) is 0 Å². The van der Waals surface area contributed by atoms with Gasteiger partial charge >= 0.3 is 0 Å². The lowest BCUT2D eigenvalue weighted by Gasteiger charge is -2.22. The van der Waals surface area contributed by atoms with Gasteiger partial charge in [0.05, 0.1) is 0 Å². The molecule has 1 aromatic rings. The number of nitrogens with zero attached hydrogens (tertiary/aromatic N) is 1. The van der Waals surface area contributed by atoms with E-state index >= 15 is 0 Å². The molecule has 1 aliphatic rings. The normalized spacial score (nSPS) is 17.9. The Balaban J connectivity index is 1.98. The van der Waals surface area contributed by atoms with Crippen LogP contribution in [0.25, 0.3) is 0 Å². The Morgan fingerprint density at radius 3 is 2.94 bits per heavy atom. The molecule has 0 radical (unpaired) electrons. The van der Waals surface area contributed by atoms with E-state index in [1.807, 2.05) is 17.0 Å². The topological polar surface area (TPSA) is 32.3 Å². The molecule has 1 aromatic carbocycles. The van der Waals surface area contributed by atoms with Gasteiger partial charge in [-0.1, -0.05) is 25.1 Å². The van der Waals surface area contributed by atoms with Crippen LogP contribution in [-0.2, 0) is 11.2 Å². The van der Waals surface area contributed by atoms with E-state index in [1.54, 1.807) is 0 Å². The first-order chi connectivity index (χ1) is 8.74. The van der Waals surface area contributed by atoms with Crippen LogP contribution < -0.4 is 10.2 Å². The third kappa shape index (κ3) is 2.72. The molecule has 3 nitrogen and oxygen atoms in total. The Morgan fingerprint density at radius 1 is 1.39 bits per heavy atom. The van der Waals surface area contributed by atoms with Crippen LogP contribution in [-0.4, -0.2) is 25.0 Å². The van der Waals surface area contributed by atoms with Gasteiger partial charge in [0.15, 0.2) is 0 Å². The number of benzene rings is 1. The van der Waals surface area contributed by atoms with Gasteiger partial charge in [-0.3, -0.25) is 4.79 Å². The summed E-state index contributed by atoms with van der Waals surface area (Å²) >= 11 is 0. The molecule has 1 aliphatic heterocycles. The van der Waals surface area contributed by atoms with Crippen molar-refractivity contribution in [2.45, 2.75) is 39.2 Å². The molecule has 1 heterocycles. The third-order valence-electron chi connectivity index (χ3n) is 3.42. The fourth-order valence-corrected chi connectivity index (χ4v) is 2.56. The maximum atomic E-state index is 12.3. The number of para-hydroxylation sites is 1. The minimum atomic E-state index is 0.232. The molecule has 1 N–H and O–H groups in total. The summed E-state index contributed by atoms with van der Waals surface area (Å²) in [6.07, 6.45) is 2.67. The number of nitrogens with one attached hydrogen (secondary N) is 1. The average Bonchev–Trinajstić information content (AvgIpc) is 2.70. The molecule has 98 valence electrons. The molecule has 0 fully saturated rings. The molecule has 0 saturated carbocycles. The minimum Gasteiger partial charge on any atom is -0.316 e. The van der Waals surface area contributed by atoms with Crippen LogP contribution in [0, 0.1) is 0 Å². The van der Waals surface area contributed by atoms with Gasteiger partial charge in [0.1, 0.15) is 0 Å². The summed E-state index contributed by atoms with van der Waals surface area (Å²) < 4.78 is 0. The summed E-state index contributed by atoms with van der Waals surface area (Å²) in [4.78, 5) is 14.2. The van der Waals surface area contributed by atoms with Gasteiger partial charge in [-0.2, -0.15) is 0 Å². The fourth-order valence-electron chi connectivity index (χ4n) is 2.56. The maximum absolute atomic E-state index is 12.3. The van der Waals surface area contributed by atoms with E-state index in [0.29, 0.717) is 12.5 Å². The van der Waals surface area contributed by atoms with Gasteiger partial charge < -0.3 is 10.2 Å². The molecule has 18 heavy (non-hydrogen) atoms. The predicted molar refractivity (Wildman–Crippen MR) is 74.9 cm³/mol. The number of hydrogen-bond donors (Lipinski definition) is 1. The number of rotatable bonds is 5. The number of hydrogen-bond acceptors (Lipinski definition) is 2. The zero-order valence-electron chi connectivity index (χ0n) is 11.3. The molecule has 2 rings (SSSR count). The second kappa shape index (κ2) is 6.01. The molecule has 1 atom stereocenters. The van der Waals surface area contributed by atoms with Crippen molar-refractivity contribution in [2.75, 3.05) is 18.0 Å². The first kappa shape index (κ1) is 13.1. The zero-order chi connectivity index (χ0) is 13.0. The number of carbonyl (C=O) groups excluding carboxylic acids is 1. The largest absolute Gasteiger partial charge is 0.316 e. The Kier molecular flexibility index (Phi) is 4.37. The molecule has 1 unspecified atom stereocenters. The van der Waals surface area contributed by atoms with Gasteiger partial charge in [0.2, 0.25) is 5.91 Å². The summed E-state index contributed by atoms with van der Waals surface area (Å²) in [5.41, 5.74) is 2.39. The van der Waals surface area contributed by atoms with Crippen molar-refractivity contribution in [3.63, 3.8) is 0 Å². The van der Waals surface area contributed by atoms with E-state index in [9.17, 15) is 4.79 Å². The van der Waals surface area contributed by atoms with Crippen LogP contribution in [0.5, 0.6) is 0 Å². The standard InChI is InChI=1S/C15H22N2O/c1-3-9-16-10-8-15(18)17-12(2)11-13-6-4-5-7-14(13)17/h4-7,12,16H,3,8-11H2,1-2H3. The SMILES string of the molecule is CCCNCCC(=O)N1c2ccccc2CC1C. The highest BCUT2D eigenvalue weighted by atomic mass is 16.2. The van der Waals surface area contributed by atoms with Crippen LogP contribution in [0.2, 0.25) is 0 Å². The Labute approximate surface area is 109 Å². The second-order valence-corrected chi connectivity index (χ2v) is 4.95. The smallest absolute Gasteiger partial charge is 0.228 e. The first-order valence-electron chi connectivity index (χ1n) is 6.84. The lowest BCUT2D eigenvalue weighted by Crippen LogP contribution is -2.37. The molecule has 0 aromatic heterocycles. The Morgan fingerprint density at radius 2 is 2.17 bits per heavy atom. The fraction of sp³-hybridized carbons (Fsp3) is 0.533. The summed E-state index contributed by atoms with van der Waals surface area (Å²) in [6, 6.07) is 8.51. The van der Waals surface area contributed by atoms with Gasteiger partial charge in [-0.05, 0) is 37.9 Å². The zero-order valence-corrected chi connectivity index (χ0v) is 11.3. The second-order valence-electron chi connectivity index (χ2n) is 4.95. The van der Waals surface area contributed by atoms with Crippen molar-refractivity contribution in [1.82, 2.24) is 5.32 Å². The van der Waals surface area contributed by atoms with Crippen molar-refractivity contribution < 1.29 is 4.79 Å². The van der Waals surface area contributed by atoms with E-state index in [1.165, 1.54) is 5.56 Å². The number of amides is 1. The molecular weight excluding hydrogens is 224 g/mol. The number of fused-ring (bicyclic) bond motifs is 1. The van der Waals surface area contributed by atoms with Crippen LogP contribution in [0.1, 0.15) is 32.3 Å². The molecule has 3 heteroatoms. The van der Waals surface area contributed by atoms with Crippen molar-refractivity contribution in [3.8, 4) is 0 Å².